The number of carbonyl (C=O) groups excluding carboxylic acids is 1. The second-order valence-corrected chi connectivity index (χ2v) is 6.64. The molecule has 0 bridgehead atoms. The first kappa shape index (κ1) is 18.0. The average Bonchev–Trinajstić information content (AvgIpc) is 3.35. The first-order chi connectivity index (χ1) is 13.6. The van der Waals surface area contributed by atoms with E-state index in [-0.39, 0.29) is 11.8 Å². The van der Waals surface area contributed by atoms with Crippen molar-refractivity contribution in [2.75, 3.05) is 25.1 Å². The normalized spacial score (nSPS) is 14.0. The number of ether oxygens (including phenoxy) is 1. The minimum absolute atomic E-state index is 0.158. The molecular formula is C20H20FN5O2. The van der Waals surface area contributed by atoms with Gasteiger partial charge in [0.15, 0.2) is 0 Å². The summed E-state index contributed by atoms with van der Waals surface area (Å²) in [5, 5.41) is 6.71. The number of benzene rings is 1. The predicted molar refractivity (Wildman–Crippen MR) is 103 cm³/mol. The molecule has 144 valence electrons. The maximum absolute atomic E-state index is 13.6. The van der Waals surface area contributed by atoms with Gasteiger partial charge in [0.05, 0.1) is 13.3 Å². The second-order valence-electron chi connectivity index (χ2n) is 6.64. The van der Waals surface area contributed by atoms with E-state index in [9.17, 15) is 9.18 Å². The molecule has 1 aromatic carbocycles. The maximum Gasteiger partial charge on any atom is 0.326 e. The SMILES string of the molecule is COc1nc(N2CCN(Cc3cc(F)ccc3C)C2=O)ccc1-c1cn[nH]c1. The number of aromatic amines is 1. The number of halogens is 1. The highest BCUT2D eigenvalue weighted by molar-refractivity contribution is 5.93. The standard InChI is InChI=1S/C20H20FN5O2/c1-13-3-4-16(21)9-14(13)12-25-7-8-26(20(25)27)18-6-5-17(19(24-18)28-2)15-10-22-23-11-15/h3-6,9-11H,7-8,12H2,1-2H3,(H,22,23). The van der Waals surface area contributed by atoms with Crippen molar-refractivity contribution >= 4 is 11.8 Å². The molecule has 1 fully saturated rings. The summed E-state index contributed by atoms with van der Waals surface area (Å²) in [7, 11) is 1.54. The lowest BCUT2D eigenvalue weighted by Gasteiger charge is -2.20. The molecule has 8 heteroatoms. The van der Waals surface area contributed by atoms with Gasteiger partial charge in [0.2, 0.25) is 5.88 Å². The van der Waals surface area contributed by atoms with Crippen LogP contribution in [0.15, 0.2) is 42.7 Å². The van der Waals surface area contributed by atoms with Crippen molar-refractivity contribution in [2.45, 2.75) is 13.5 Å². The molecule has 4 rings (SSSR count). The summed E-state index contributed by atoms with van der Waals surface area (Å²) >= 11 is 0. The van der Waals surface area contributed by atoms with Crippen LogP contribution in [0.3, 0.4) is 0 Å². The first-order valence-electron chi connectivity index (χ1n) is 8.92. The fourth-order valence-electron chi connectivity index (χ4n) is 3.31. The third kappa shape index (κ3) is 3.28. The number of amides is 2. The third-order valence-corrected chi connectivity index (χ3v) is 4.89. The largest absolute Gasteiger partial charge is 0.480 e. The van der Waals surface area contributed by atoms with E-state index in [0.29, 0.717) is 31.3 Å². The summed E-state index contributed by atoms with van der Waals surface area (Å²) in [5.74, 6) is 0.643. The molecule has 1 aliphatic heterocycles. The van der Waals surface area contributed by atoms with Crippen LogP contribution in [0, 0.1) is 12.7 Å². The van der Waals surface area contributed by atoms with Crippen LogP contribution in [0.25, 0.3) is 11.1 Å². The number of urea groups is 1. The number of hydrogen-bond donors (Lipinski definition) is 1. The molecule has 3 aromatic rings. The third-order valence-electron chi connectivity index (χ3n) is 4.89. The number of H-pyrrole nitrogens is 1. The number of pyridine rings is 1. The summed E-state index contributed by atoms with van der Waals surface area (Å²) in [6.07, 6.45) is 3.44. The Morgan fingerprint density at radius 1 is 1.25 bits per heavy atom. The molecule has 0 aliphatic carbocycles. The highest BCUT2D eigenvalue weighted by Crippen LogP contribution is 2.31. The Labute approximate surface area is 161 Å². The summed E-state index contributed by atoms with van der Waals surface area (Å²) in [6.45, 7) is 3.33. The van der Waals surface area contributed by atoms with E-state index in [1.807, 2.05) is 13.0 Å². The van der Waals surface area contributed by atoms with Gasteiger partial charge in [0.25, 0.3) is 0 Å². The lowest BCUT2D eigenvalue weighted by Crippen LogP contribution is -2.32. The quantitative estimate of drug-likeness (QED) is 0.735. The summed E-state index contributed by atoms with van der Waals surface area (Å²) in [5.41, 5.74) is 3.40. The van der Waals surface area contributed by atoms with Crippen molar-refractivity contribution < 1.29 is 13.9 Å². The van der Waals surface area contributed by atoms with Gasteiger partial charge in [-0.3, -0.25) is 10.00 Å². The zero-order valence-corrected chi connectivity index (χ0v) is 15.6. The van der Waals surface area contributed by atoms with Crippen molar-refractivity contribution in [1.29, 1.82) is 0 Å². The molecular weight excluding hydrogens is 361 g/mol. The van der Waals surface area contributed by atoms with E-state index in [1.54, 1.807) is 41.4 Å². The van der Waals surface area contributed by atoms with Crippen LogP contribution in [0.2, 0.25) is 0 Å². The van der Waals surface area contributed by atoms with Gasteiger partial charge in [-0.2, -0.15) is 10.1 Å². The topological polar surface area (TPSA) is 74.3 Å². The van der Waals surface area contributed by atoms with Crippen LogP contribution < -0.4 is 9.64 Å². The van der Waals surface area contributed by atoms with E-state index in [2.05, 4.69) is 15.2 Å². The number of nitrogens with zero attached hydrogens (tertiary/aromatic N) is 4. The number of rotatable bonds is 5. The van der Waals surface area contributed by atoms with Gasteiger partial charge in [-0.1, -0.05) is 6.07 Å². The molecule has 7 nitrogen and oxygen atoms in total. The number of methoxy groups -OCH3 is 1. The number of aryl methyl sites for hydroxylation is 1. The smallest absolute Gasteiger partial charge is 0.326 e. The molecule has 1 saturated heterocycles. The molecule has 2 aromatic heterocycles. The van der Waals surface area contributed by atoms with E-state index in [4.69, 9.17) is 4.74 Å². The monoisotopic (exact) mass is 381 g/mol. The van der Waals surface area contributed by atoms with Gasteiger partial charge in [-0.25, -0.2) is 9.18 Å². The fraction of sp³-hybridized carbons (Fsp3) is 0.250. The Hall–Kier alpha value is -3.42. The second kappa shape index (κ2) is 7.30. The summed E-state index contributed by atoms with van der Waals surface area (Å²) in [6, 6.07) is 8.12. The first-order valence-corrected chi connectivity index (χ1v) is 8.92. The molecule has 3 heterocycles. The zero-order valence-electron chi connectivity index (χ0n) is 15.6. The van der Waals surface area contributed by atoms with Gasteiger partial charge in [-0.15, -0.1) is 0 Å². The molecule has 0 radical (unpaired) electrons. The molecule has 0 spiro atoms. The molecule has 1 N–H and O–H groups in total. The fourth-order valence-corrected chi connectivity index (χ4v) is 3.31. The minimum atomic E-state index is -0.301. The van der Waals surface area contributed by atoms with Crippen molar-refractivity contribution in [3.05, 3.63) is 59.7 Å². The number of hydrogen-bond acceptors (Lipinski definition) is 4. The van der Waals surface area contributed by atoms with E-state index < -0.39 is 0 Å². The van der Waals surface area contributed by atoms with Crippen molar-refractivity contribution in [3.63, 3.8) is 0 Å². The average molecular weight is 381 g/mol. The highest BCUT2D eigenvalue weighted by Gasteiger charge is 2.31. The van der Waals surface area contributed by atoms with Crippen LogP contribution in [0.1, 0.15) is 11.1 Å². The lowest BCUT2D eigenvalue weighted by molar-refractivity contribution is 0.218. The number of anilines is 1. The van der Waals surface area contributed by atoms with Gasteiger partial charge in [0.1, 0.15) is 11.6 Å². The zero-order chi connectivity index (χ0) is 19.7. The van der Waals surface area contributed by atoms with Crippen LogP contribution in [0.4, 0.5) is 15.0 Å². The highest BCUT2D eigenvalue weighted by atomic mass is 19.1. The number of carbonyl (C=O) groups is 1. The molecule has 0 unspecified atom stereocenters. The van der Waals surface area contributed by atoms with Crippen LogP contribution in [-0.2, 0) is 6.54 Å². The Balaban J connectivity index is 1.56. The van der Waals surface area contributed by atoms with Crippen LogP contribution in [0.5, 0.6) is 5.88 Å². The summed E-state index contributed by atoms with van der Waals surface area (Å²) in [4.78, 5) is 20.7. The number of aromatic nitrogens is 3. The van der Waals surface area contributed by atoms with E-state index in [1.165, 1.54) is 12.1 Å². The Bertz CT molecular complexity index is 1010. The van der Waals surface area contributed by atoms with Gasteiger partial charge in [-0.05, 0) is 42.3 Å². The van der Waals surface area contributed by atoms with Gasteiger partial charge >= 0.3 is 6.03 Å². The molecule has 0 saturated carbocycles. The summed E-state index contributed by atoms with van der Waals surface area (Å²) < 4.78 is 19.0. The molecule has 1 aliphatic rings. The van der Waals surface area contributed by atoms with Crippen LogP contribution in [-0.4, -0.2) is 46.3 Å². The van der Waals surface area contributed by atoms with Crippen LogP contribution >= 0.6 is 0 Å². The van der Waals surface area contributed by atoms with Crippen molar-refractivity contribution in [2.24, 2.45) is 0 Å². The molecule has 2 amide bonds. The minimum Gasteiger partial charge on any atom is -0.480 e. The Morgan fingerprint density at radius 2 is 2.11 bits per heavy atom. The molecule has 28 heavy (non-hydrogen) atoms. The molecule has 0 atom stereocenters. The van der Waals surface area contributed by atoms with Gasteiger partial charge in [0, 0.05) is 37.0 Å². The van der Waals surface area contributed by atoms with Gasteiger partial charge < -0.3 is 9.64 Å². The lowest BCUT2D eigenvalue weighted by atomic mass is 10.1. The Morgan fingerprint density at radius 3 is 2.86 bits per heavy atom. The van der Waals surface area contributed by atoms with E-state index in [0.717, 1.165) is 22.3 Å². The predicted octanol–water partition coefficient (Wildman–Crippen LogP) is 3.37. The Kier molecular flexibility index (Phi) is 4.68. The van der Waals surface area contributed by atoms with E-state index >= 15 is 0 Å². The van der Waals surface area contributed by atoms with Crippen molar-refractivity contribution in [1.82, 2.24) is 20.1 Å². The number of nitrogens with one attached hydrogen (secondary N) is 1. The van der Waals surface area contributed by atoms with Crippen molar-refractivity contribution in [3.8, 4) is 17.0 Å². The maximum atomic E-state index is 13.6.